The Morgan fingerprint density at radius 3 is 2.78 bits per heavy atom. The molecule has 1 aromatic carbocycles. The third-order valence-electron chi connectivity index (χ3n) is 5.29. The Morgan fingerprint density at radius 2 is 1.96 bits per heavy atom. The molecule has 4 heterocycles. The number of aromatic nitrogens is 5. The number of nitrogens with zero attached hydrogens (tertiary/aromatic N) is 5. The van der Waals surface area contributed by atoms with Crippen molar-refractivity contribution in [1.29, 1.82) is 0 Å². The van der Waals surface area contributed by atoms with E-state index in [1.54, 1.807) is 6.20 Å². The van der Waals surface area contributed by atoms with E-state index in [-0.39, 0.29) is 5.95 Å². The van der Waals surface area contributed by atoms with Crippen molar-refractivity contribution in [2.45, 2.75) is 32.1 Å². The number of hydrogen-bond acceptors (Lipinski definition) is 5. The van der Waals surface area contributed by atoms with Crippen LogP contribution in [0.1, 0.15) is 35.0 Å². The van der Waals surface area contributed by atoms with E-state index in [1.165, 1.54) is 16.8 Å². The van der Waals surface area contributed by atoms with Crippen LogP contribution in [0.5, 0.6) is 0 Å². The lowest BCUT2D eigenvalue weighted by molar-refractivity contribution is 0.539. The molecule has 134 valence electrons. The molecule has 27 heavy (non-hydrogen) atoms. The highest BCUT2D eigenvalue weighted by Crippen LogP contribution is 2.33. The van der Waals surface area contributed by atoms with Crippen LogP contribution >= 0.6 is 0 Å². The molecule has 2 N–H and O–H groups in total. The fraction of sp³-hybridized carbons (Fsp3) is 0.238. The number of nitrogens with two attached hydrogens (primary N) is 1. The zero-order valence-electron chi connectivity index (χ0n) is 15.1. The summed E-state index contributed by atoms with van der Waals surface area (Å²) in [6, 6.07) is 14.8. The van der Waals surface area contributed by atoms with Crippen LogP contribution in [0, 0.1) is 6.92 Å². The second-order valence-corrected chi connectivity index (χ2v) is 7.21. The van der Waals surface area contributed by atoms with E-state index in [2.05, 4.69) is 61.8 Å². The lowest BCUT2D eigenvalue weighted by Crippen LogP contribution is -2.17. The number of pyridine rings is 1. The summed E-state index contributed by atoms with van der Waals surface area (Å²) in [6.45, 7) is 2.12. The molecule has 0 saturated heterocycles. The highest BCUT2D eigenvalue weighted by molar-refractivity contribution is 5.66. The predicted octanol–water partition coefficient (Wildman–Crippen LogP) is 3.35. The molecule has 1 atom stereocenters. The molecular weight excluding hydrogens is 336 g/mol. The first-order valence-electron chi connectivity index (χ1n) is 9.20. The van der Waals surface area contributed by atoms with Gasteiger partial charge in [0.15, 0.2) is 5.65 Å². The SMILES string of the molecule is Cc1ccc(CC2CCc3cc(-c4ccnc(N)n4)cc4nnc2n34)cc1. The van der Waals surface area contributed by atoms with E-state index >= 15 is 0 Å². The Labute approximate surface area is 157 Å². The minimum absolute atomic E-state index is 0.279. The smallest absolute Gasteiger partial charge is 0.220 e. The number of benzene rings is 1. The summed E-state index contributed by atoms with van der Waals surface area (Å²) in [5, 5.41) is 8.97. The van der Waals surface area contributed by atoms with Gasteiger partial charge in [0.1, 0.15) is 5.82 Å². The molecule has 4 aromatic rings. The van der Waals surface area contributed by atoms with Gasteiger partial charge >= 0.3 is 0 Å². The van der Waals surface area contributed by atoms with E-state index < -0.39 is 0 Å². The van der Waals surface area contributed by atoms with Gasteiger partial charge in [0, 0.05) is 23.4 Å². The lowest BCUT2D eigenvalue weighted by Gasteiger charge is -2.23. The summed E-state index contributed by atoms with van der Waals surface area (Å²) < 4.78 is 2.20. The first kappa shape index (κ1) is 15.9. The summed E-state index contributed by atoms with van der Waals surface area (Å²) in [5.41, 5.74) is 12.3. The van der Waals surface area contributed by atoms with E-state index in [9.17, 15) is 0 Å². The van der Waals surface area contributed by atoms with E-state index in [4.69, 9.17) is 5.73 Å². The van der Waals surface area contributed by atoms with Crippen LogP contribution < -0.4 is 5.73 Å². The standard InChI is InChI=1S/C21H20N6/c1-13-2-4-14(5-3-13)10-15-6-7-17-11-16(18-8-9-23-21(22)24-18)12-19-25-26-20(15)27(17)19/h2-5,8-9,11-12,15H,6-7,10H2,1H3,(H2,22,23,24). The van der Waals surface area contributed by atoms with Gasteiger partial charge in [-0.25, -0.2) is 9.97 Å². The van der Waals surface area contributed by atoms with Gasteiger partial charge in [0.2, 0.25) is 5.95 Å². The van der Waals surface area contributed by atoms with Gasteiger partial charge in [-0.15, -0.1) is 10.2 Å². The van der Waals surface area contributed by atoms with Crippen LogP contribution in [0.3, 0.4) is 0 Å². The maximum absolute atomic E-state index is 5.74. The maximum atomic E-state index is 5.74. The second-order valence-electron chi connectivity index (χ2n) is 7.21. The van der Waals surface area contributed by atoms with E-state index in [0.717, 1.165) is 42.0 Å². The van der Waals surface area contributed by atoms with Crippen LogP contribution in [0.15, 0.2) is 48.7 Å². The summed E-state index contributed by atoms with van der Waals surface area (Å²) >= 11 is 0. The molecule has 0 radical (unpaired) electrons. The number of hydrogen-bond donors (Lipinski definition) is 1. The van der Waals surface area contributed by atoms with E-state index in [0.29, 0.717) is 5.92 Å². The van der Waals surface area contributed by atoms with E-state index in [1.807, 2.05) is 12.1 Å². The first-order valence-corrected chi connectivity index (χ1v) is 9.20. The fourth-order valence-electron chi connectivity index (χ4n) is 3.91. The van der Waals surface area contributed by atoms with Gasteiger partial charge in [-0.1, -0.05) is 29.8 Å². The highest BCUT2D eigenvalue weighted by atomic mass is 15.3. The van der Waals surface area contributed by atoms with Crippen molar-refractivity contribution >= 4 is 11.6 Å². The molecule has 3 aromatic heterocycles. The average molecular weight is 356 g/mol. The molecule has 0 bridgehead atoms. The summed E-state index contributed by atoms with van der Waals surface area (Å²) in [6.07, 6.45) is 4.73. The fourth-order valence-corrected chi connectivity index (χ4v) is 3.91. The maximum Gasteiger partial charge on any atom is 0.220 e. The highest BCUT2D eigenvalue weighted by Gasteiger charge is 2.25. The second kappa shape index (κ2) is 6.16. The molecule has 0 amide bonds. The molecule has 6 nitrogen and oxygen atoms in total. The quantitative estimate of drug-likeness (QED) is 0.609. The summed E-state index contributed by atoms with van der Waals surface area (Å²) in [7, 11) is 0. The minimum Gasteiger partial charge on any atom is -0.368 e. The molecule has 1 aliphatic heterocycles. The number of nitrogen functional groups attached to an aromatic ring is 1. The Hall–Kier alpha value is -3.28. The van der Waals surface area contributed by atoms with Crippen molar-refractivity contribution in [1.82, 2.24) is 24.6 Å². The summed E-state index contributed by atoms with van der Waals surface area (Å²) in [4.78, 5) is 8.31. The Kier molecular flexibility index (Phi) is 3.63. The Balaban J connectivity index is 1.53. The van der Waals surface area contributed by atoms with Crippen molar-refractivity contribution in [3.63, 3.8) is 0 Å². The number of anilines is 1. The van der Waals surface area contributed by atoms with Crippen molar-refractivity contribution in [2.75, 3.05) is 5.73 Å². The van der Waals surface area contributed by atoms with Crippen LogP contribution in [-0.2, 0) is 12.8 Å². The molecule has 1 unspecified atom stereocenters. The molecule has 0 aliphatic carbocycles. The van der Waals surface area contributed by atoms with Crippen LogP contribution in [-0.4, -0.2) is 24.6 Å². The van der Waals surface area contributed by atoms with Crippen LogP contribution in [0.25, 0.3) is 16.9 Å². The Morgan fingerprint density at radius 1 is 1.11 bits per heavy atom. The third kappa shape index (κ3) is 2.83. The third-order valence-corrected chi connectivity index (χ3v) is 5.29. The van der Waals surface area contributed by atoms with Crippen LogP contribution in [0.2, 0.25) is 0 Å². The largest absolute Gasteiger partial charge is 0.368 e. The normalized spacial score (nSPS) is 16.0. The molecule has 0 fully saturated rings. The van der Waals surface area contributed by atoms with Crippen LogP contribution in [0.4, 0.5) is 5.95 Å². The zero-order valence-corrected chi connectivity index (χ0v) is 15.1. The number of rotatable bonds is 3. The van der Waals surface area contributed by atoms with Crippen molar-refractivity contribution < 1.29 is 0 Å². The summed E-state index contributed by atoms with van der Waals surface area (Å²) in [5.74, 6) is 1.72. The molecule has 0 spiro atoms. The molecule has 1 aliphatic rings. The van der Waals surface area contributed by atoms with Crippen molar-refractivity contribution in [2.24, 2.45) is 0 Å². The lowest BCUT2D eigenvalue weighted by atomic mass is 9.90. The van der Waals surface area contributed by atoms with Gasteiger partial charge in [0.05, 0.1) is 5.69 Å². The average Bonchev–Trinajstić information content (AvgIpc) is 3.11. The van der Waals surface area contributed by atoms with Gasteiger partial charge < -0.3 is 5.73 Å². The van der Waals surface area contributed by atoms with Crippen molar-refractivity contribution in [3.05, 3.63) is 71.3 Å². The topological polar surface area (TPSA) is 82.0 Å². The Bertz CT molecular complexity index is 1130. The molecular formula is C21H20N6. The first-order chi connectivity index (χ1) is 13.2. The predicted molar refractivity (Wildman–Crippen MR) is 104 cm³/mol. The minimum atomic E-state index is 0.279. The molecule has 5 rings (SSSR count). The van der Waals surface area contributed by atoms with Gasteiger partial charge in [-0.3, -0.25) is 4.40 Å². The monoisotopic (exact) mass is 356 g/mol. The van der Waals surface area contributed by atoms with Gasteiger partial charge in [-0.2, -0.15) is 0 Å². The van der Waals surface area contributed by atoms with Gasteiger partial charge in [-0.05, 0) is 49.9 Å². The van der Waals surface area contributed by atoms with Gasteiger partial charge in [0.25, 0.3) is 0 Å². The molecule has 0 saturated carbocycles. The number of aryl methyl sites for hydroxylation is 2. The van der Waals surface area contributed by atoms with Crippen molar-refractivity contribution in [3.8, 4) is 11.3 Å². The molecule has 6 heteroatoms. The zero-order chi connectivity index (χ0) is 18.4.